The quantitative estimate of drug-likeness (QED) is 0.753. The van der Waals surface area contributed by atoms with Crippen LogP contribution in [0.1, 0.15) is 43.8 Å². The smallest absolute Gasteiger partial charge is 0.223 e. The molecule has 3 heterocycles. The van der Waals surface area contributed by atoms with Gasteiger partial charge in [-0.2, -0.15) is 11.8 Å². The molecule has 8 heteroatoms. The number of hydrogen-bond acceptors (Lipinski definition) is 5. The summed E-state index contributed by atoms with van der Waals surface area (Å²) in [7, 11) is 0. The molecule has 1 aliphatic heterocycles. The Morgan fingerprint density at radius 2 is 2.12 bits per heavy atom. The monoisotopic (exact) mass is 362 g/mol. The minimum absolute atomic E-state index is 0.283. The van der Waals surface area contributed by atoms with Crippen molar-refractivity contribution in [3.05, 3.63) is 30.4 Å². The summed E-state index contributed by atoms with van der Waals surface area (Å²) in [4.78, 5) is 18.3. The Balaban J connectivity index is 1.63. The van der Waals surface area contributed by atoms with Gasteiger partial charge in [0, 0.05) is 50.1 Å². The number of piperidine rings is 1. The summed E-state index contributed by atoms with van der Waals surface area (Å²) in [6.07, 6.45) is 10.1. The molecule has 1 fully saturated rings. The highest BCUT2D eigenvalue weighted by molar-refractivity contribution is 7.98. The van der Waals surface area contributed by atoms with Crippen LogP contribution in [0.15, 0.2) is 18.7 Å². The number of amides is 1. The molecular weight excluding hydrogens is 336 g/mol. The van der Waals surface area contributed by atoms with Crippen LogP contribution in [-0.4, -0.2) is 60.2 Å². The van der Waals surface area contributed by atoms with E-state index in [1.54, 1.807) is 24.3 Å². The van der Waals surface area contributed by atoms with Crippen molar-refractivity contribution in [1.82, 2.24) is 29.2 Å². The van der Waals surface area contributed by atoms with Gasteiger partial charge in [0.1, 0.15) is 5.82 Å². The maximum atomic E-state index is 12.2. The van der Waals surface area contributed by atoms with Gasteiger partial charge in [-0.3, -0.25) is 4.79 Å². The number of carbonyl (C=O) groups is 1. The highest BCUT2D eigenvalue weighted by Crippen LogP contribution is 2.27. The summed E-state index contributed by atoms with van der Waals surface area (Å²) in [6.45, 7) is 5.33. The van der Waals surface area contributed by atoms with Crippen LogP contribution in [0, 0.1) is 0 Å². The standard InChI is InChI=1S/C17H26N6OS/c1-3-23-15(12-21-10-7-18-13-21)19-20-17(23)14-4-8-22(9-5-14)16(24)6-11-25-2/h7,10,13-14H,3-6,8-9,11-12H2,1-2H3. The molecule has 1 saturated heterocycles. The van der Waals surface area contributed by atoms with E-state index in [1.165, 1.54) is 0 Å². The molecule has 0 N–H and O–H groups in total. The minimum Gasteiger partial charge on any atom is -0.343 e. The maximum Gasteiger partial charge on any atom is 0.223 e. The third kappa shape index (κ3) is 4.23. The average Bonchev–Trinajstić information content (AvgIpc) is 3.29. The number of likely N-dealkylation sites (tertiary alicyclic amines) is 1. The van der Waals surface area contributed by atoms with Crippen LogP contribution >= 0.6 is 11.8 Å². The van der Waals surface area contributed by atoms with Gasteiger partial charge < -0.3 is 14.0 Å². The lowest BCUT2D eigenvalue weighted by molar-refractivity contribution is -0.131. The molecule has 3 rings (SSSR count). The third-order valence-corrected chi connectivity index (χ3v) is 5.40. The van der Waals surface area contributed by atoms with Crippen LogP contribution in [0.5, 0.6) is 0 Å². The molecule has 25 heavy (non-hydrogen) atoms. The van der Waals surface area contributed by atoms with Crippen LogP contribution in [0.4, 0.5) is 0 Å². The Hall–Kier alpha value is -1.83. The molecule has 0 aromatic carbocycles. The average molecular weight is 363 g/mol. The van der Waals surface area contributed by atoms with Gasteiger partial charge in [-0.15, -0.1) is 10.2 Å². The highest BCUT2D eigenvalue weighted by atomic mass is 32.2. The topological polar surface area (TPSA) is 68.8 Å². The lowest BCUT2D eigenvalue weighted by Gasteiger charge is -2.31. The maximum absolute atomic E-state index is 12.2. The van der Waals surface area contributed by atoms with E-state index in [4.69, 9.17) is 0 Å². The first-order valence-corrected chi connectivity index (χ1v) is 10.3. The predicted octanol–water partition coefficient (Wildman–Crippen LogP) is 2.00. The molecule has 136 valence electrons. The molecule has 2 aromatic heterocycles. The molecule has 7 nitrogen and oxygen atoms in total. The predicted molar refractivity (Wildman–Crippen MR) is 98.6 cm³/mol. The molecule has 0 aliphatic carbocycles. The van der Waals surface area contributed by atoms with E-state index in [1.807, 2.05) is 21.9 Å². The Kier molecular flexibility index (Phi) is 6.12. The molecule has 0 bridgehead atoms. The highest BCUT2D eigenvalue weighted by Gasteiger charge is 2.27. The first-order valence-electron chi connectivity index (χ1n) is 8.87. The summed E-state index contributed by atoms with van der Waals surface area (Å²) in [5.41, 5.74) is 0. The number of rotatable bonds is 7. The zero-order valence-corrected chi connectivity index (χ0v) is 15.8. The Labute approximate surface area is 152 Å². The first-order chi connectivity index (χ1) is 12.2. The zero-order valence-electron chi connectivity index (χ0n) is 15.0. The zero-order chi connectivity index (χ0) is 17.6. The van der Waals surface area contributed by atoms with E-state index in [0.29, 0.717) is 18.9 Å². The lowest BCUT2D eigenvalue weighted by atomic mass is 9.95. The lowest BCUT2D eigenvalue weighted by Crippen LogP contribution is -2.38. The SMILES string of the molecule is CCn1c(Cn2ccnc2)nnc1C1CCN(C(=O)CCSC)CC1. The second kappa shape index (κ2) is 8.51. The summed E-state index contributed by atoms with van der Waals surface area (Å²) in [5, 5.41) is 8.90. The number of thioether (sulfide) groups is 1. The van der Waals surface area contributed by atoms with Crippen molar-refractivity contribution in [3.63, 3.8) is 0 Å². The normalized spacial score (nSPS) is 15.7. The number of hydrogen-bond donors (Lipinski definition) is 0. The van der Waals surface area contributed by atoms with Gasteiger partial charge >= 0.3 is 0 Å². The first kappa shape index (κ1) is 18.0. The van der Waals surface area contributed by atoms with E-state index in [0.717, 1.165) is 49.9 Å². The van der Waals surface area contributed by atoms with Crippen molar-refractivity contribution in [2.24, 2.45) is 0 Å². The molecule has 1 aliphatic rings. The van der Waals surface area contributed by atoms with Gasteiger partial charge in [0.15, 0.2) is 5.82 Å². The van der Waals surface area contributed by atoms with Gasteiger partial charge in [-0.25, -0.2) is 4.98 Å². The summed E-state index contributed by atoms with van der Waals surface area (Å²) >= 11 is 1.72. The van der Waals surface area contributed by atoms with Gasteiger partial charge in [-0.05, 0) is 26.0 Å². The van der Waals surface area contributed by atoms with Crippen molar-refractivity contribution < 1.29 is 4.79 Å². The number of carbonyl (C=O) groups excluding carboxylic acids is 1. The minimum atomic E-state index is 0.283. The number of aromatic nitrogens is 5. The van der Waals surface area contributed by atoms with Gasteiger partial charge in [0.25, 0.3) is 0 Å². The van der Waals surface area contributed by atoms with Crippen molar-refractivity contribution in [1.29, 1.82) is 0 Å². The van der Waals surface area contributed by atoms with E-state index in [9.17, 15) is 4.79 Å². The van der Waals surface area contributed by atoms with E-state index in [2.05, 4.69) is 26.7 Å². The third-order valence-electron chi connectivity index (χ3n) is 4.79. The number of imidazole rings is 1. The molecule has 0 spiro atoms. The van der Waals surface area contributed by atoms with Gasteiger partial charge in [-0.1, -0.05) is 0 Å². The van der Waals surface area contributed by atoms with Crippen LogP contribution in [0.2, 0.25) is 0 Å². The molecule has 0 radical (unpaired) electrons. The summed E-state index contributed by atoms with van der Waals surface area (Å²) in [6, 6.07) is 0. The van der Waals surface area contributed by atoms with Gasteiger partial charge in [0.2, 0.25) is 5.91 Å². The molecule has 0 unspecified atom stereocenters. The fourth-order valence-corrected chi connectivity index (χ4v) is 3.77. The van der Waals surface area contributed by atoms with Crippen LogP contribution < -0.4 is 0 Å². The second-order valence-corrected chi connectivity index (χ2v) is 7.34. The van der Waals surface area contributed by atoms with Crippen LogP contribution in [0.3, 0.4) is 0 Å². The summed E-state index contributed by atoms with van der Waals surface area (Å²) < 4.78 is 4.23. The fraction of sp³-hybridized carbons (Fsp3) is 0.647. The van der Waals surface area contributed by atoms with Crippen LogP contribution in [0.25, 0.3) is 0 Å². The fourth-order valence-electron chi connectivity index (χ4n) is 3.39. The molecule has 0 atom stereocenters. The van der Waals surface area contributed by atoms with Crippen molar-refractivity contribution >= 4 is 17.7 Å². The van der Waals surface area contributed by atoms with E-state index in [-0.39, 0.29) is 5.91 Å². The van der Waals surface area contributed by atoms with Crippen LogP contribution in [-0.2, 0) is 17.9 Å². The molecule has 2 aromatic rings. The largest absolute Gasteiger partial charge is 0.343 e. The van der Waals surface area contributed by atoms with Crippen molar-refractivity contribution in [2.45, 2.75) is 45.2 Å². The molecule has 0 saturated carbocycles. The Morgan fingerprint density at radius 3 is 2.76 bits per heavy atom. The molecule has 1 amide bonds. The Morgan fingerprint density at radius 1 is 1.32 bits per heavy atom. The van der Waals surface area contributed by atoms with E-state index >= 15 is 0 Å². The van der Waals surface area contributed by atoms with Gasteiger partial charge in [0.05, 0.1) is 12.9 Å². The molecular formula is C17H26N6OS. The second-order valence-electron chi connectivity index (χ2n) is 6.35. The van der Waals surface area contributed by atoms with Crippen molar-refractivity contribution in [3.8, 4) is 0 Å². The number of nitrogens with zero attached hydrogens (tertiary/aromatic N) is 6. The van der Waals surface area contributed by atoms with Crippen molar-refractivity contribution in [2.75, 3.05) is 25.1 Å². The summed E-state index contributed by atoms with van der Waals surface area (Å²) in [5.74, 6) is 3.60. The van der Waals surface area contributed by atoms with E-state index < -0.39 is 0 Å². The Bertz CT molecular complexity index is 675.